The van der Waals surface area contributed by atoms with Gasteiger partial charge in [0.2, 0.25) is 0 Å². The molecule has 1 nitrogen and oxygen atoms in total. The molecule has 0 bridgehead atoms. The third-order valence-electron chi connectivity index (χ3n) is 0.236. The molecule has 24 valence electrons. The van der Waals surface area contributed by atoms with E-state index in [0.29, 0.717) is 0 Å². The second-order valence-electron chi connectivity index (χ2n) is 0.490. The van der Waals surface area contributed by atoms with Crippen molar-refractivity contribution in [3.05, 3.63) is 0 Å². The summed E-state index contributed by atoms with van der Waals surface area (Å²) in [6, 6.07) is 0. The topological polar surface area (TPSA) is 9.23 Å². The van der Waals surface area contributed by atoms with Gasteiger partial charge in [-0.1, -0.05) is 0 Å². The van der Waals surface area contributed by atoms with Crippen molar-refractivity contribution in [1.82, 2.24) is 0 Å². The van der Waals surface area contributed by atoms with Crippen molar-refractivity contribution in [1.29, 1.82) is 0 Å². The van der Waals surface area contributed by atoms with E-state index in [1.165, 1.54) is 0 Å². The Morgan fingerprint density at radius 1 is 2.00 bits per heavy atom. The molecule has 1 unspecified atom stereocenters. The first kappa shape index (κ1) is 3.07. The predicted molar refractivity (Wildman–Crippen MR) is 20.7 cm³/mol. The molecule has 0 aromatic heterocycles. The van der Waals surface area contributed by atoms with E-state index in [-0.39, 0.29) is 14.9 Å². The molecule has 0 N–H and O–H groups in total. The zero-order chi connectivity index (χ0) is 2.83. The van der Waals surface area contributed by atoms with Gasteiger partial charge in [-0.25, -0.2) is 0 Å². The molecule has 0 saturated carbocycles. The van der Waals surface area contributed by atoms with Crippen LogP contribution in [0.2, 0.25) is 0 Å². The Morgan fingerprint density at radius 2 is 2.25 bits per heavy atom. The summed E-state index contributed by atoms with van der Waals surface area (Å²) in [4.78, 5) is 0. The quantitative estimate of drug-likeness (QED) is 0.435. The van der Waals surface area contributed by atoms with Crippen LogP contribution in [0.25, 0.3) is 0 Å². The average Bonchev–Trinajstić information content (AvgIpc) is 0.722. The van der Waals surface area contributed by atoms with Gasteiger partial charge in [0.1, 0.15) is 0 Å². The molecule has 0 radical (unpaired) electrons. The van der Waals surface area contributed by atoms with Gasteiger partial charge in [0.15, 0.2) is 0 Å². The summed E-state index contributed by atoms with van der Waals surface area (Å²) in [6.45, 7) is 0. The second-order valence-corrected chi connectivity index (χ2v) is 4.65. The summed E-state index contributed by atoms with van der Waals surface area (Å²) in [6.07, 6.45) is 0. The fourth-order valence-electron chi connectivity index (χ4n) is 0.0589. The first-order valence-electron chi connectivity index (χ1n) is 0.986. The maximum absolute atomic E-state index is 4.81. The summed E-state index contributed by atoms with van der Waals surface area (Å²) >= 11 is 0.111. The molecule has 1 aliphatic heterocycles. The number of hydrogen-bond donors (Lipinski definition) is 0. The van der Waals surface area contributed by atoms with E-state index in [9.17, 15) is 0 Å². The van der Waals surface area contributed by atoms with Crippen molar-refractivity contribution in [3.63, 3.8) is 0 Å². The van der Waals surface area contributed by atoms with Crippen LogP contribution in [0.5, 0.6) is 0 Å². The van der Waals surface area contributed by atoms with E-state index < -0.39 is 0 Å². The Kier molecular flexibility index (Phi) is 1.03. The number of rotatable bonds is 0. The predicted octanol–water partition coefficient (Wildman–Crippen LogP) is -0.0262. The van der Waals surface area contributed by atoms with Crippen LogP contribution < -0.4 is 0 Å². The monoisotopic (exact) mass is 138 g/mol. The summed E-state index contributed by atoms with van der Waals surface area (Å²) < 4.78 is 4.81. The van der Waals surface area contributed by atoms with Gasteiger partial charge >= 0.3 is 34.6 Å². The van der Waals surface area contributed by atoms with Crippen LogP contribution in [0.4, 0.5) is 0 Å². The molecule has 0 amide bonds. The minimum absolute atomic E-state index is 0.111. The van der Waals surface area contributed by atoms with Crippen molar-refractivity contribution in [2.24, 2.45) is 0 Å². The van der Waals surface area contributed by atoms with Crippen molar-refractivity contribution in [3.8, 4) is 0 Å². The fraction of sp³-hybridized carbons (Fsp3) is 1.00. The van der Waals surface area contributed by atoms with Crippen LogP contribution in [0.1, 0.15) is 0 Å². The van der Waals surface area contributed by atoms with Gasteiger partial charge in [0.25, 0.3) is 0 Å². The Labute approximate surface area is 35.1 Å². The van der Waals surface area contributed by atoms with Crippen LogP contribution in [0.15, 0.2) is 0 Å². The molecule has 1 fully saturated rings. The van der Waals surface area contributed by atoms with E-state index in [1.807, 2.05) is 10.0 Å². The van der Waals surface area contributed by atoms with Crippen LogP contribution in [0, 0.1) is 0 Å². The zero-order valence-corrected chi connectivity index (χ0v) is 4.94. The molecule has 0 spiro atoms. The molecule has 1 atom stereocenters. The van der Waals surface area contributed by atoms with E-state index in [4.69, 9.17) is 3.73 Å². The van der Waals surface area contributed by atoms with Crippen molar-refractivity contribution >= 4 is 25.0 Å². The standard InChI is InChI=1S/CH3AsOS/c1-3-2-4-1/h2H,1H2. The van der Waals surface area contributed by atoms with Crippen molar-refractivity contribution in [2.45, 2.75) is 0 Å². The first-order valence-corrected chi connectivity index (χ1v) is 5.40. The van der Waals surface area contributed by atoms with E-state index in [2.05, 4.69) is 0 Å². The van der Waals surface area contributed by atoms with Gasteiger partial charge in [0.05, 0.1) is 0 Å². The van der Waals surface area contributed by atoms with E-state index in [1.54, 1.807) is 0 Å². The molecular formula is CH3AsOS. The minimum atomic E-state index is 0.111. The molecule has 1 aliphatic rings. The average molecular weight is 138 g/mol. The third kappa shape index (κ3) is 0.422. The fourth-order valence-corrected chi connectivity index (χ4v) is 0.919. The summed E-state index contributed by atoms with van der Waals surface area (Å²) in [7, 11) is 1.94. The van der Waals surface area contributed by atoms with Gasteiger partial charge in [0, 0.05) is 0 Å². The van der Waals surface area contributed by atoms with Crippen LogP contribution >= 0.6 is 10.0 Å². The molecule has 4 heavy (non-hydrogen) atoms. The molecule has 0 aliphatic carbocycles. The molecule has 3 heteroatoms. The molecule has 0 aromatic carbocycles. The summed E-state index contributed by atoms with van der Waals surface area (Å²) in [5.74, 6) is 0.972. The van der Waals surface area contributed by atoms with Gasteiger partial charge in [-0.3, -0.25) is 0 Å². The molecular weight excluding hydrogens is 135 g/mol. The summed E-state index contributed by atoms with van der Waals surface area (Å²) in [5, 5.41) is 0. The second kappa shape index (κ2) is 1.34. The first-order chi connectivity index (χ1) is 2.00. The Bertz CT molecular complexity index is 16.0. The van der Waals surface area contributed by atoms with Gasteiger partial charge in [-0.05, 0) is 0 Å². The van der Waals surface area contributed by atoms with Gasteiger partial charge in [-0.2, -0.15) is 0 Å². The zero-order valence-electron chi connectivity index (χ0n) is 2.02. The summed E-state index contributed by atoms with van der Waals surface area (Å²) in [5.41, 5.74) is 0. The molecule has 1 heterocycles. The van der Waals surface area contributed by atoms with Gasteiger partial charge in [-0.15, -0.1) is 0 Å². The van der Waals surface area contributed by atoms with Crippen LogP contribution in [0.3, 0.4) is 0 Å². The Morgan fingerprint density at radius 3 is 2.25 bits per heavy atom. The van der Waals surface area contributed by atoms with Crippen molar-refractivity contribution in [2.75, 3.05) is 5.94 Å². The maximum atomic E-state index is 4.81. The van der Waals surface area contributed by atoms with Crippen LogP contribution in [-0.4, -0.2) is 20.9 Å². The third-order valence-corrected chi connectivity index (χ3v) is 3.67. The van der Waals surface area contributed by atoms with Gasteiger partial charge < -0.3 is 0 Å². The Balaban J connectivity index is 2.00. The Hall–Kier alpha value is 0.868. The molecule has 1 rings (SSSR count). The molecule has 1 saturated heterocycles. The van der Waals surface area contributed by atoms with E-state index >= 15 is 0 Å². The normalized spacial score (nSPS) is 30.0. The van der Waals surface area contributed by atoms with Crippen molar-refractivity contribution < 1.29 is 3.73 Å². The SMILES string of the molecule is C1O[AsH]S1. The number of hydrogen-bond acceptors (Lipinski definition) is 2. The molecule has 0 aromatic rings. The van der Waals surface area contributed by atoms with E-state index in [0.717, 1.165) is 5.94 Å². The van der Waals surface area contributed by atoms with Crippen LogP contribution in [-0.2, 0) is 3.73 Å².